The van der Waals surface area contributed by atoms with Gasteiger partial charge in [0.2, 0.25) is 0 Å². The number of cyclic esters (lactones) is 1. The fourth-order valence-electron chi connectivity index (χ4n) is 5.04. The number of hydrogen-bond acceptors (Lipinski definition) is 5. The first-order chi connectivity index (χ1) is 15.0. The number of ether oxygens (including phenoxy) is 2. The highest BCUT2D eigenvalue weighted by atomic mass is 16.5. The van der Waals surface area contributed by atoms with Crippen LogP contribution in [0.25, 0.3) is 0 Å². The lowest BCUT2D eigenvalue weighted by Crippen LogP contribution is -2.42. The van der Waals surface area contributed by atoms with Crippen LogP contribution in [0.5, 0.6) is 0 Å². The fourth-order valence-corrected chi connectivity index (χ4v) is 5.04. The summed E-state index contributed by atoms with van der Waals surface area (Å²) in [6.07, 6.45) is 7.91. The Kier molecular flexibility index (Phi) is 5.93. The van der Waals surface area contributed by atoms with Crippen molar-refractivity contribution in [1.29, 1.82) is 0 Å². The van der Waals surface area contributed by atoms with Gasteiger partial charge in [0.15, 0.2) is 0 Å². The van der Waals surface area contributed by atoms with Crippen LogP contribution in [0.4, 0.5) is 0 Å². The molecule has 3 aliphatic rings. The minimum Gasteiger partial charge on any atom is -0.462 e. The monoisotopic (exact) mass is 407 g/mol. The Hall–Kier alpha value is -1.62. The molecule has 0 aromatic rings. The summed E-state index contributed by atoms with van der Waals surface area (Å²) in [5.41, 5.74) is 1.13. The Balaban J connectivity index is 1.77. The first kappa shape index (κ1) is 18.2. The zero-order valence-electron chi connectivity index (χ0n) is 20.7. The molecule has 5 nitrogen and oxygen atoms in total. The lowest BCUT2D eigenvalue weighted by molar-refractivity contribution is -0.162. The van der Waals surface area contributed by atoms with E-state index in [1.165, 1.54) is 0 Å². The topological polar surface area (TPSA) is 72.8 Å². The third kappa shape index (κ3) is 5.30. The normalized spacial score (nSPS) is 39.9. The van der Waals surface area contributed by atoms with E-state index in [1.54, 1.807) is 6.92 Å². The van der Waals surface area contributed by atoms with Gasteiger partial charge in [-0.15, -0.1) is 0 Å². The van der Waals surface area contributed by atoms with Gasteiger partial charge < -0.3 is 14.6 Å². The van der Waals surface area contributed by atoms with Crippen LogP contribution in [0, 0.1) is 29.6 Å². The van der Waals surface area contributed by atoms with Gasteiger partial charge in [-0.1, -0.05) is 45.9 Å². The molecular formula is C24H36O5. The molecule has 1 fully saturated rings. The van der Waals surface area contributed by atoms with Crippen LogP contribution in [-0.4, -0.2) is 35.4 Å². The minimum absolute atomic E-state index is 0.0199. The molecule has 1 aliphatic heterocycles. The predicted molar refractivity (Wildman–Crippen MR) is 111 cm³/mol. The molecule has 1 heterocycles. The summed E-state index contributed by atoms with van der Waals surface area (Å²) in [5, 5.41) is 9.91. The van der Waals surface area contributed by atoms with Crippen molar-refractivity contribution >= 4 is 11.9 Å². The highest BCUT2D eigenvalue weighted by Gasteiger charge is 2.42. The molecule has 5 heteroatoms. The van der Waals surface area contributed by atoms with Gasteiger partial charge in [0.1, 0.15) is 12.2 Å². The Morgan fingerprint density at radius 3 is 2.86 bits per heavy atom. The van der Waals surface area contributed by atoms with E-state index in [-0.39, 0.29) is 54.7 Å². The average molecular weight is 408 g/mol. The maximum absolute atomic E-state index is 12.8. The van der Waals surface area contributed by atoms with Gasteiger partial charge in [-0.05, 0) is 49.0 Å². The van der Waals surface area contributed by atoms with E-state index < -0.39 is 24.8 Å². The molecule has 3 rings (SSSR count). The van der Waals surface area contributed by atoms with E-state index in [0.717, 1.165) is 12.0 Å². The number of carbonyl (C=O) groups is 2. The maximum Gasteiger partial charge on any atom is 0.308 e. The number of aliphatic hydroxyl groups is 1. The number of allylic oxidation sites excluding steroid dienone is 3. The quantitative estimate of drug-likeness (QED) is 0.668. The zero-order valence-corrected chi connectivity index (χ0v) is 17.7. The molecule has 0 aromatic carbocycles. The van der Waals surface area contributed by atoms with Crippen LogP contribution >= 0.6 is 0 Å². The van der Waals surface area contributed by atoms with Crippen molar-refractivity contribution in [1.82, 2.24) is 0 Å². The number of aliphatic hydroxyl groups excluding tert-OH is 1. The fraction of sp³-hybridized carbons (Fsp3) is 0.750. The summed E-state index contributed by atoms with van der Waals surface area (Å²) >= 11 is 0. The van der Waals surface area contributed by atoms with E-state index >= 15 is 0 Å². The first-order valence-corrected chi connectivity index (χ1v) is 11.0. The largest absolute Gasteiger partial charge is 0.462 e. The van der Waals surface area contributed by atoms with Gasteiger partial charge in [0.25, 0.3) is 0 Å². The maximum atomic E-state index is 12.8. The van der Waals surface area contributed by atoms with E-state index in [2.05, 4.69) is 32.1 Å². The number of fused-ring (bicyclic) bond motifs is 1. The highest BCUT2D eigenvalue weighted by Crippen LogP contribution is 2.45. The molecule has 2 aliphatic carbocycles. The molecule has 0 saturated carbocycles. The smallest absolute Gasteiger partial charge is 0.308 e. The lowest BCUT2D eigenvalue weighted by Gasteiger charge is -2.43. The van der Waals surface area contributed by atoms with E-state index in [1.807, 2.05) is 0 Å². The lowest BCUT2D eigenvalue weighted by atomic mass is 9.65. The van der Waals surface area contributed by atoms with Gasteiger partial charge in [0, 0.05) is 16.5 Å². The molecule has 29 heavy (non-hydrogen) atoms. The van der Waals surface area contributed by atoms with Gasteiger partial charge in [-0.3, -0.25) is 9.59 Å². The molecule has 0 bridgehead atoms. The van der Waals surface area contributed by atoms with Crippen molar-refractivity contribution in [2.24, 2.45) is 29.6 Å². The van der Waals surface area contributed by atoms with Crippen LogP contribution < -0.4 is 0 Å². The second-order valence-electron chi connectivity index (χ2n) is 9.01. The van der Waals surface area contributed by atoms with Crippen LogP contribution in [0.3, 0.4) is 0 Å². The van der Waals surface area contributed by atoms with E-state index in [4.69, 9.17) is 13.6 Å². The molecule has 8 atom stereocenters. The molecule has 0 amide bonds. The van der Waals surface area contributed by atoms with Crippen LogP contribution in [-0.2, 0) is 19.1 Å². The van der Waals surface area contributed by atoms with Gasteiger partial charge in [0.05, 0.1) is 18.4 Å². The number of esters is 2. The van der Waals surface area contributed by atoms with Crippen LogP contribution in [0.1, 0.15) is 70.3 Å². The number of hydrogen-bond donors (Lipinski definition) is 1. The second-order valence-corrected chi connectivity index (χ2v) is 9.01. The molecule has 0 radical (unpaired) electrons. The Morgan fingerprint density at radius 2 is 2.17 bits per heavy atom. The Morgan fingerprint density at radius 1 is 1.38 bits per heavy atom. The van der Waals surface area contributed by atoms with Gasteiger partial charge in [-0.2, -0.15) is 0 Å². The molecule has 0 unspecified atom stereocenters. The molecule has 162 valence electrons. The van der Waals surface area contributed by atoms with Crippen molar-refractivity contribution < 1.29 is 28.3 Å². The predicted octanol–water partition coefficient (Wildman–Crippen LogP) is 4.20. The van der Waals surface area contributed by atoms with Crippen molar-refractivity contribution in [2.45, 2.75) is 84.5 Å². The van der Waals surface area contributed by atoms with Gasteiger partial charge in [-0.25, -0.2) is 0 Å². The first-order valence-electron chi connectivity index (χ1n) is 12.5. The summed E-state index contributed by atoms with van der Waals surface area (Å²) < 4.78 is 34.4. The third-order valence-electron chi connectivity index (χ3n) is 6.61. The van der Waals surface area contributed by atoms with Crippen molar-refractivity contribution in [2.75, 3.05) is 0 Å². The number of carbonyl (C=O) groups excluding carboxylic acids is 2. The SMILES string of the molecule is [2H]C([2H])([2H])[C@@H](CC)C(=O)O[C@H]1C[C@@H](C)C=C2C=C[C@H](C)[C@H](CC[C@@H]3C[C@@H](O)CC(=O)O3)[C@H]21. The summed E-state index contributed by atoms with van der Waals surface area (Å²) in [5.74, 6) is -1.52. The van der Waals surface area contributed by atoms with Gasteiger partial charge >= 0.3 is 11.9 Å². The second kappa shape index (κ2) is 9.46. The Labute approximate surface area is 178 Å². The van der Waals surface area contributed by atoms with Crippen LogP contribution in [0.2, 0.25) is 0 Å². The Bertz CT molecular complexity index is 759. The third-order valence-corrected chi connectivity index (χ3v) is 6.61. The minimum atomic E-state index is -2.38. The standard InChI is InChI=1S/C24H36O5/c1-5-15(3)24(27)29-21-11-14(2)10-17-7-6-16(4)20(23(17)21)9-8-19-12-18(25)13-22(26)28-19/h6-7,10,14-16,18-21,23,25H,5,8-9,11-13H2,1-4H3/t14-,15-,16-,18+,19+,20-,21-,23-/m0/s1/i3D3. The summed E-state index contributed by atoms with van der Waals surface area (Å²) in [6.45, 7) is 3.53. The molecule has 0 spiro atoms. The van der Waals surface area contributed by atoms with E-state index in [9.17, 15) is 14.7 Å². The average Bonchev–Trinajstić information content (AvgIpc) is 2.66. The van der Waals surface area contributed by atoms with Crippen molar-refractivity contribution in [3.63, 3.8) is 0 Å². The molecule has 0 aromatic heterocycles. The van der Waals surface area contributed by atoms with Crippen molar-refractivity contribution in [3.8, 4) is 0 Å². The molecule has 1 N–H and O–H groups in total. The molecule has 1 saturated heterocycles. The summed E-state index contributed by atoms with van der Waals surface area (Å²) in [6, 6.07) is 0. The summed E-state index contributed by atoms with van der Waals surface area (Å²) in [4.78, 5) is 24.5. The highest BCUT2D eigenvalue weighted by molar-refractivity contribution is 5.72. The van der Waals surface area contributed by atoms with Crippen LogP contribution in [0.15, 0.2) is 23.8 Å². The number of rotatable bonds is 6. The van der Waals surface area contributed by atoms with Crippen molar-refractivity contribution in [3.05, 3.63) is 23.8 Å². The van der Waals surface area contributed by atoms with E-state index in [0.29, 0.717) is 19.3 Å². The summed E-state index contributed by atoms with van der Waals surface area (Å²) in [7, 11) is 0. The zero-order chi connectivity index (χ0) is 23.6. The molecular weight excluding hydrogens is 368 g/mol.